The molecule has 0 amide bonds. The molecule has 3 nitrogen and oxygen atoms in total. The molecule has 0 radical (unpaired) electrons. The molecule has 1 aromatic rings. The first-order chi connectivity index (χ1) is 8.79. The molecule has 0 bridgehead atoms. The molecule has 6 heteroatoms. The van der Waals surface area contributed by atoms with Crippen molar-refractivity contribution in [3.63, 3.8) is 0 Å². The maximum atomic E-state index is 12.6. The van der Waals surface area contributed by atoms with E-state index in [1.54, 1.807) is 11.9 Å². The van der Waals surface area contributed by atoms with Crippen LogP contribution in [-0.2, 0) is 17.4 Å². The van der Waals surface area contributed by atoms with E-state index in [4.69, 9.17) is 5.11 Å². The second-order valence-electron chi connectivity index (χ2n) is 4.74. The third kappa shape index (κ3) is 2.83. The fraction of sp³-hybridized carbons (Fsp3) is 0.462. The Bertz CT molecular complexity index is 499. The molecule has 1 unspecified atom stereocenters. The van der Waals surface area contributed by atoms with Gasteiger partial charge in [-0.3, -0.25) is 4.79 Å². The number of benzene rings is 1. The number of aliphatic carboxylic acids is 1. The highest BCUT2D eigenvalue weighted by Crippen LogP contribution is 2.38. The first-order valence-corrected chi connectivity index (χ1v) is 5.94. The van der Waals surface area contributed by atoms with Crippen molar-refractivity contribution in [1.82, 2.24) is 0 Å². The van der Waals surface area contributed by atoms with Crippen molar-refractivity contribution >= 4 is 11.7 Å². The second kappa shape index (κ2) is 4.75. The number of likely N-dealkylation sites (N-methyl/N-ethyl adjacent to an activating group) is 1. The number of hydrogen-bond donors (Lipinski definition) is 1. The van der Waals surface area contributed by atoms with Gasteiger partial charge in [0.2, 0.25) is 0 Å². The molecule has 0 aliphatic carbocycles. The molecule has 1 N–H and O–H groups in total. The highest BCUT2D eigenvalue weighted by Gasteiger charge is 2.34. The average molecular weight is 273 g/mol. The van der Waals surface area contributed by atoms with Gasteiger partial charge in [-0.05, 0) is 30.5 Å². The first kappa shape index (κ1) is 13.7. The zero-order chi connectivity index (χ0) is 14.2. The summed E-state index contributed by atoms with van der Waals surface area (Å²) in [6, 6.07) is 3.65. The van der Waals surface area contributed by atoms with Crippen molar-refractivity contribution in [2.45, 2.75) is 31.5 Å². The van der Waals surface area contributed by atoms with E-state index >= 15 is 0 Å². The minimum atomic E-state index is -4.35. The number of hydrogen-bond acceptors (Lipinski definition) is 2. The fourth-order valence-electron chi connectivity index (χ4n) is 2.41. The maximum absolute atomic E-state index is 12.6. The summed E-state index contributed by atoms with van der Waals surface area (Å²) in [5.74, 6) is -0.889. The van der Waals surface area contributed by atoms with Crippen LogP contribution < -0.4 is 4.90 Å². The molecule has 2 rings (SSSR count). The Morgan fingerprint density at radius 2 is 2.16 bits per heavy atom. The minimum Gasteiger partial charge on any atom is -0.481 e. The van der Waals surface area contributed by atoms with E-state index in [0.29, 0.717) is 18.5 Å². The quantitative estimate of drug-likeness (QED) is 0.920. The summed E-state index contributed by atoms with van der Waals surface area (Å²) in [4.78, 5) is 12.3. The van der Waals surface area contributed by atoms with Crippen LogP contribution in [0.4, 0.5) is 18.9 Å². The molecular weight excluding hydrogens is 259 g/mol. The molecule has 0 fully saturated rings. The Morgan fingerprint density at radius 1 is 1.47 bits per heavy atom. The van der Waals surface area contributed by atoms with Crippen LogP contribution >= 0.6 is 0 Å². The smallest absolute Gasteiger partial charge is 0.416 e. The normalized spacial score (nSPS) is 18.5. The molecule has 104 valence electrons. The van der Waals surface area contributed by atoms with Gasteiger partial charge in [-0.25, -0.2) is 0 Å². The van der Waals surface area contributed by atoms with E-state index in [0.717, 1.165) is 17.7 Å². The lowest BCUT2D eigenvalue weighted by atomic mass is 10.0. The number of carboxylic acids is 1. The van der Waals surface area contributed by atoms with Crippen molar-refractivity contribution < 1.29 is 23.1 Å². The largest absolute Gasteiger partial charge is 0.481 e. The summed E-state index contributed by atoms with van der Waals surface area (Å²) >= 11 is 0. The third-order valence-electron chi connectivity index (χ3n) is 3.49. The summed E-state index contributed by atoms with van der Waals surface area (Å²) < 4.78 is 37.9. The summed E-state index contributed by atoms with van der Waals surface area (Å²) in [6.45, 7) is 0. The lowest BCUT2D eigenvalue weighted by Gasteiger charge is -2.22. The van der Waals surface area contributed by atoms with Crippen LogP contribution in [0.5, 0.6) is 0 Å². The summed E-state index contributed by atoms with van der Waals surface area (Å²) in [5, 5.41) is 8.66. The molecule has 0 spiro atoms. The number of nitrogens with zero attached hydrogens (tertiary/aromatic N) is 1. The average Bonchev–Trinajstić information content (AvgIpc) is 2.62. The number of carboxylic acid groups (broad SMARTS) is 1. The zero-order valence-corrected chi connectivity index (χ0v) is 10.4. The Hall–Kier alpha value is -1.72. The maximum Gasteiger partial charge on any atom is 0.416 e. The van der Waals surface area contributed by atoms with Gasteiger partial charge >= 0.3 is 12.1 Å². The first-order valence-electron chi connectivity index (χ1n) is 5.94. The Balaban J connectivity index is 2.19. The number of anilines is 1. The SMILES string of the molecule is CN1c2cc(C(F)(F)F)ccc2CC1CCC(=O)O. The Morgan fingerprint density at radius 3 is 2.74 bits per heavy atom. The molecule has 1 heterocycles. The van der Waals surface area contributed by atoms with Crippen molar-refractivity contribution in [3.8, 4) is 0 Å². The van der Waals surface area contributed by atoms with Crippen LogP contribution in [-0.4, -0.2) is 24.2 Å². The van der Waals surface area contributed by atoms with Crippen LogP contribution in [0.3, 0.4) is 0 Å². The van der Waals surface area contributed by atoms with Gasteiger partial charge in [-0.15, -0.1) is 0 Å². The summed E-state index contributed by atoms with van der Waals surface area (Å²) in [5.41, 5.74) is 0.716. The molecule has 1 atom stereocenters. The van der Waals surface area contributed by atoms with Gasteiger partial charge in [0, 0.05) is 25.2 Å². The van der Waals surface area contributed by atoms with Crippen LogP contribution in [0.15, 0.2) is 18.2 Å². The van der Waals surface area contributed by atoms with Gasteiger partial charge in [0.1, 0.15) is 0 Å². The summed E-state index contributed by atoms with van der Waals surface area (Å²) in [6.07, 6.45) is -3.30. The van der Waals surface area contributed by atoms with Crippen molar-refractivity contribution in [3.05, 3.63) is 29.3 Å². The van der Waals surface area contributed by atoms with Gasteiger partial charge < -0.3 is 10.0 Å². The van der Waals surface area contributed by atoms with Crippen molar-refractivity contribution in [2.24, 2.45) is 0 Å². The highest BCUT2D eigenvalue weighted by molar-refractivity contribution is 5.67. The fourth-order valence-corrected chi connectivity index (χ4v) is 2.41. The molecule has 19 heavy (non-hydrogen) atoms. The third-order valence-corrected chi connectivity index (χ3v) is 3.49. The monoisotopic (exact) mass is 273 g/mol. The van der Waals surface area contributed by atoms with Crippen LogP contribution in [0.1, 0.15) is 24.0 Å². The summed E-state index contributed by atoms with van der Waals surface area (Å²) in [7, 11) is 1.71. The van der Waals surface area contributed by atoms with E-state index in [1.165, 1.54) is 6.07 Å². The van der Waals surface area contributed by atoms with E-state index in [-0.39, 0.29) is 12.5 Å². The highest BCUT2D eigenvalue weighted by atomic mass is 19.4. The number of alkyl halides is 3. The molecule has 0 saturated carbocycles. The van der Waals surface area contributed by atoms with Gasteiger partial charge in [0.05, 0.1) is 5.56 Å². The molecule has 1 aliphatic rings. The number of carbonyl (C=O) groups is 1. The van der Waals surface area contributed by atoms with Gasteiger partial charge in [-0.2, -0.15) is 13.2 Å². The topological polar surface area (TPSA) is 40.5 Å². The predicted octanol–water partition coefficient (Wildman–Crippen LogP) is 2.93. The zero-order valence-electron chi connectivity index (χ0n) is 10.4. The van der Waals surface area contributed by atoms with E-state index < -0.39 is 17.7 Å². The van der Waals surface area contributed by atoms with Gasteiger partial charge in [-0.1, -0.05) is 6.07 Å². The lowest BCUT2D eigenvalue weighted by molar-refractivity contribution is -0.138. The van der Waals surface area contributed by atoms with Gasteiger partial charge in [0.15, 0.2) is 0 Å². The standard InChI is InChI=1S/C13H14F3NO2/c1-17-10(4-5-12(18)19)6-8-2-3-9(7-11(8)17)13(14,15)16/h2-3,7,10H,4-6H2,1H3,(H,18,19). The van der Waals surface area contributed by atoms with Gasteiger partial charge in [0.25, 0.3) is 0 Å². The Kier molecular flexibility index (Phi) is 3.43. The van der Waals surface area contributed by atoms with E-state index in [9.17, 15) is 18.0 Å². The van der Waals surface area contributed by atoms with Crippen LogP contribution in [0.2, 0.25) is 0 Å². The molecule has 1 aromatic carbocycles. The van der Waals surface area contributed by atoms with Crippen LogP contribution in [0.25, 0.3) is 0 Å². The Labute approximate surface area is 108 Å². The van der Waals surface area contributed by atoms with Crippen LogP contribution in [0, 0.1) is 0 Å². The second-order valence-corrected chi connectivity index (χ2v) is 4.74. The van der Waals surface area contributed by atoms with Crippen molar-refractivity contribution in [2.75, 3.05) is 11.9 Å². The number of rotatable bonds is 3. The number of fused-ring (bicyclic) bond motifs is 1. The van der Waals surface area contributed by atoms with E-state index in [1.807, 2.05) is 0 Å². The molecule has 0 saturated heterocycles. The minimum absolute atomic E-state index is 0.0229. The molecule has 0 aromatic heterocycles. The predicted molar refractivity (Wildman–Crippen MR) is 64.2 cm³/mol. The van der Waals surface area contributed by atoms with Crippen molar-refractivity contribution in [1.29, 1.82) is 0 Å². The molecule has 1 aliphatic heterocycles. The lowest BCUT2D eigenvalue weighted by Crippen LogP contribution is -2.28. The van der Waals surface area contributed by atoms with E-state index in [2.05, 4.69) is 0 Å². The number of halogens is 3. The molecular formula is C13H14F3NO2.